The highest BCUT2D eigenvalue weighted by molar-refractivity contribution is 5.96. The van der Waals surface area contributed by atoms with Crippen LogP contribution < -0.4 is 5.73 Å². The van der Waals surface area contributed by atoms with Gasteiger partial charge in [-0.2, -0.15) is 15.4 Å². The summed E-state index contributed by atoms with van der Waals surface area (Å²) < 4.78 is 0. The molecule has 2 aromatic rings. The molecule has 124 valence electrons. The van der Waals surface area contributed by atoms with Gasteiger partial charge in [0.2, 0.25) is 0 Å². The largest absolute Gasteiger partial charge is 0.507 e. The predicted octanol–water partition coefficient (Wildman–Crippen LogP) is 2.87. The molecule has 1 heterocycles. The van der Waals surface area contributed by atoms with Crippen molar-refractivity contribution >= 4 is 5.91 Å². The number of carbonyl (C=O) groups is 1. The number of amides is 1. The molecule has 0 spiro atoms. The average Bonchev–Trinajstić information content (AvgIpc) is 2.85. The van der Waals surface area contributed by atoms with Crippen molar-refractivity contribution < 1.29 is 9.90 Å². The Morgan fingerprint density at radius 2 is 1.52 bits per heavy atom. The van der Waals surface area contributed by atoms with Crippen molar-refractivity contribution in [3.8, 4) is 17.0 Å². The van der Waals surface area contributed by atoms with Crippen LogP contribution in [0, 0.1) is 0 Å². The molecule has 0 aliphatic rings. The molecule has 0 fully saturated rings. The van der Waals surface area contributed by atoms with Crippen LogP contribution in [0.4, 0.5) is 0 Å². The number of benzene rings is 1. The van der Waals surface area contributed by atoms with Gasteiger partial charge in [-0.05, 0) is 23.0 Å². The number of aromatic amines is 1. The molecule has 0 aliphatic heterocycles. The second kappa shape index (κ2) is 5.37. The Kier molecular flexibility index (Phi) is 3.96. The molecule has 6 heteroatoms. The second-order valence-electron chi connectivity index (χ2n) is 7.81. The second-order valence-corrected chi connectivity index (χ2v) is 7.81. The number of phenols is 1. The van der Waals surface area contributed by atoms with Gasteiger partial charge < -0.3 is 10.8 Å². The summed E-state index contributed by atoms with van der Waals surface area (Å²) in [5, 5.41) is 21.1. The van der Waals surface area contributed by atoms with E-state index >= 15 is 0 Å². The fourth-order valence-corrected chi connectivity index (χ4v) is 2.52. The lowest BCUT2D eigenvalue weighted by Gasteiger charge is -2.28. The highest BCUT2D eigenvalue weighted by Crippen LogP contribution is 2.41. The number of nitrogens with one attached hydrogen (secondary N) is 1. The number of primary amides is 1. The number of nitrogens with zero attached hydrogens (tertiary/aromatic N) is 2. The summed E-state index contributed by atoms with van der Waals surface area (Å²) in [7, 11) is 0. The van der Waals surface area contributed by atoms with Crippen LogP contribution in [0.1, 0.15) is 63.2 Å². The van der Waals surface area contributed by atoms with Crippen LogP contribution in [0.25, 0.3) is 11.3 Å². The van der Waals surface area contributed by atoms with Crippen LogP contribution >= 0.6 is 0 Å². The predicted molar refractivity (Wildman–Crippen MR) is 89.4 cm³/mol. The Morgan fingerprint density at radius 3 is 1.91 bits per heavy atom. The molecule has 0 saturated heterocycles. The van der Waals surface area contributed by atoms with Gasteiger partial charge in [-0.15, -0.1) is 0 Å². The van der Waals surface area contributed by atoms with E-state index in [-0.39, 0.29) is 22.3 Å². The minimum atomic E-state index is -0.642. The Morgan fingerprint density at radius 1 is 1.04 bits per heavy atom. The van der Waals surface area contributed by atoms with Crippen LogP contribution in [-0.4, -0.2) is 26.4 Å². The quantitative estimate of drug-likeness (QED) is 0.792. The van der Waals surface area contributed by atoms with Crippen LogP contribution in [0.15, 0.2) is 12.1 Å². The van der Waals surface area contributed by atoms with Crippen molar-refractivity contribution in [3.63, 3.8) is 0 Å². The zero-order valence-corrected chi connectivity index (χ0v) is 14.5. The molecule has 0 atom stereocenters. The number of carbonyl (C=O) groups excluding carboxylic acids is 1. The maximum absolute atomic E-state index is 11.5. The van der Waals surface area contributed by atoms with Gasteiger partial charge in [-0.3, -0.25) is 4.79 Å². The lowest BCUT2D eigenvalue weighted by atomic mass is 9.78. The molecule has 0 saturated carbocycles. The Hall–Kier alpha value is -2.37. The summed E-state index contributed by atoms with van der Waals surface area (Å²) >= 11 is 0. The van der Waals surface area contributed by atoms with Crippen molar-refractivity contribution in [2.24, 2.45) is 5.73 Å². The standard InChI is InChI=1S/C17H24N4O2/c1-16(2,3)10-7-9(8-11(14(10)22)17(4,5)6)12-13(15(18)23)20-21-19-12/h7-8,22H,1-6H3,(H2,18,23)(H,19,20,21). The lowest BCUT2D eigenvalue weighted by Crippen LogP contribution is -2.18. The van der Waals surface area contributed by atoms with Gasteiger partial charge in [0.25, 0.3) is 5.91 Å². The van der Waals surface area contributed by atoms with E-state index in [1.54, 1.807) is 0 Å². The van der Waals surface area contributed by atoms with Gasteiger partial charge in [-0.1, -0.05) is 41.5 Å². The summed E-state index contributed by atoms with van der Waals surface area (Å²) in [5.74, 6) is -0.366. The van der Waals surface area contributed by atoms with E-state index in [1.807, 2.05) is 53.7 Å². The Bertz CT molecular complexity index is 714. The van der Waals surface area contributed by atoms with E-state index in [2.05, 4.69) is 15.4 Å². The summed E-state index contributed by atoms with van der Waals surface area (Å²) in [4.78, 5) is 11.5. The van der Waals surface area contributed by atoms with Gasteiger partial charge in [-0.25, -0.2) is 0 Å². The minimum absolute atomic E-state index is 0.0930. The molecule has 0 radical (unpaired) electrons. The first kappa shape index (κ1) is 17.0. The molecule has 2 rings (SSSR count). The lowest BCUT2D eigenvalue weighted by molar-refractivity contribution is 0.0996. The topological polar surface area (TPSA) is 105 Å². The highest BCUT2D eigenvalue weighted by Gasteiger charge is 2.28. The van der Waals surface area contributed by atoms with Crippen LogP contribution in [0.2, 0.25) is 0 Å². The molecule has 4 N–H and O–H groups in total. The first-order valence-corrected chi connectivity index (χ1v) is 7.52. The number of hydrogen-bond donors (Lipinski definition) is 3. The third kappa shape index (κ3) is 3.21. The molecule has 1 amide bonds. The summed E-state index contributed by atoms with van der Waals surface area (Å²) in [6, 6.07) is 3.68. The van der Waals surface area contributed by atoms with Crippen molar-refractivity contribution in [1.82, 2.24) is 15.4 Å². The van der Waals surface area contributed by atoms with Crippen molar-refractivity contribution in [1.29, 1.82) is 0 Å². The molecule has 1 aromatic carbocycles. The summed E-state index contributed by atoms with van der Waals surface area (Å²) in [6.07, 6.45) is 0. The number of aromatic hydroxyl groups is 1. The molecule has 0 aliphatic carbocycles. The fourth-order valence-electron chi connectivity index (χ4n) is 2.52. The summed E-state index contributed by atoms with van der Waals surface area (Å²) in [6.45, 7) is 12.1. The maximum atomic E-state index is 11.5. The van der Waals surface area contributed by atoms with Crippen molar-refractivity contribution in [2.75, 3.05) is 0 Å². The minimum Gasteiger partial charge on any atom is -0.507 e. The van der Waals surface area contributed by atoms with Gasteiger partial charge in [0, 0.05) is 16.7 Å². The first-order chi connectivity index (χ1) is 10.4. The van der Waals surface area contributed by atoms with Gasteiger partial charge in [0.05, 0.1) is 0 Å². The normalized spacial score (nSPS) is 12.4. The zero-order valence-electron chi connectivity index (χ0n) is 14.5. The van der Waals surface area contributed by atoms with Crippen LogP contribution in [-0.2, 0) is 10.8 Å². The zero-order chi connectivity index (χ0) is 17.6. The number of H-pyrrole nitrogens is 1. The SMILES string of the molecule is CC(C)(C)c1cc(-c2n[nH]nc2C(N)=O)cc(C(C)(C)C)c1O. The molecule has 0 bridgehead atoms. The third-order valence-electron chi connectivity index (χ3n) is 3.78. The number of nitrogens with two attached hydrogens (primary N) is 1. The van der Waals surface area contributed by atoms with Gasteiger partial charge in [0.1, 0.15) is 11.4 Å². The number of hydrogen-bond acceptors (Lipinski definition) is 4. The van der Waals surface area contributed by atoms with E-state index in [0.29, 0.717) is 11.3 Å². The van der Waals surface area contributed by atoms with E-state index in [9.17, 15) is 9.90 Å². The van der Waals surface area contributed by atoms with E-state index in [1.165, 1.54) is 0 Å². The summed E-state index contributed by atoms with van der Waals surface area (Å²) in [5.41, 5.74) is 7.61. The molecule has 6 nitrogen and oxygen atoms in total. The number of phenolic OH excluding ortho intramolecular Hbond substituents is 1. The molecular weight excluding hydrogens is 292 g/mol. The van der Waals surface area contributed by atoms with E-state index in [4.69, 9.17) is 5.73 Å². The highest BCUT2D eigenvalue weighted by atomic mass is 16.3. The Labute approximate surface area is 136 Å². The number of aromatic nitrogens is 3. The van der Waals surface area contributed by atoms with E-state index < -0.39 is 5.91 Å². The average molecular weight is 316 g/mol. The molecule has 0 unspecified atom stereocenters. The molecule has 1 aromatic heterocycles. The fraction of sp³-hybridized carbons (Fsp3) is 0.471. The van der Waals surface area contributed by atoms with Crippen molar-refractivity contribution in [3.05, 3.63) is 29.0 Å². The molecular formula is C17H24N4O2. The van der Waals surface area contributed by atoms with Crippen LogP contribution in [0.3, 0.4) is 0 Å². The number of rotatable bonds is 2. The maximum Gasteiger partial charge on any atom is 0.271 e. The van der Waals surface area contributed by atoms with Gasteiger partial charge >= 0.3 is 0 Å². The Balaban J connectivity index is 2.80. The van der Waals surface area contributed by atoms with E-state index in [0.717, 1.165) is 11.1 Å². The van der Waals surface area contributed by atoms with Gasteiger partial charge in [0.15, 0.2) is 5.69 Å². The van der Waals surface area contributed by atoms with Crippen molar-refractivity contribution in [2.45, 2.75) is 52.4 Å². The monoisotopic (exact) mass is 316 g/mol. The molecule has 23 heavy (non-hydrogen) atoms. The first-order valence-electron chi connectivity index (χ1n) is 7.52. The third-order valence-corrected chi connectivity index (χ3v) is 3.78. The smallest absolute Gasteiger partial charge is 0.271 e. The van der Waals surface area contributed by atoms with Crippen LogP contribution in [0.5, 0.6) is 5.75 Å².